The first kappa shape index (κ1) is 9.77. The Hall–Kier alpha value is -2.43. The van der Waals surface area contributed by atoms with Crippen molar-refractivity contribution in [1.82, 2.24) is 15.0 Å². The minimum absolute atomic E-state index is 0.219. The summed E-state index contributed by atoms with van der Waals surface area (Å²) in [6.45, 7) is 0. The molecule has 0 unspecified atom stereocenters. The molecule has 3 aromatic rings. The van der Waals surface area contributed by atoms with Crippen molar-refractivity contribution >= 4 is 11.0 Å². The van der Waals surface area contributed by atoms with Crippen molar-refractivity contribution in [2.75, 3.05) is 0 Å². The quantitative estimate of drug-likeness (QED) is 0.670. The third-order valence-electron chi connectivity index (χ3n) is 2.62. The SMILES string of the molecule is O=c1[nH]cnc2c(-c3ccc(F)cc3)c[nH]c12. The fraction of sp³-hybridized carbons (Fsp3) is 0. The third-order valence-corrected chi connectivity index (χ3v) is 2.62. The van der Waals surface area contributed by atoms with Crippen LogP contribution < -0.4 is 5.56 Å². The van der Waals surface area contributed by atoms with Gasteiger partial charge in [0.1, 0.15) is 16.9 Å². The van der Waals surface area contributed by atoms with Crippen LogP contribution in [0.5, 0.6) is 0 Å². The first-order chi connectivity index (χ1) is 8.25. The first-order valence-electron chi connectivity index (χ1n) is 5.06. The molecule has 2 N–H and O–H groups in total. The second-order valence-corrected chi connectivity index (χ2v) is 3.66. The van der Waals surface area contributed by atoms with Gasteiger partial charge in [0.05, 0.1) is 6.33 Å². The van der Waals surface area contributed by atoms with E-state index in [-0.39, 0.29) is 11.4 Å². The number of hydrogen-bond acceptors (Lipinski definition) is 2. The summed E-state index contributed by atoms with van der Waals surface area (Å²) in [5.74, 6) is -0.292. The molecule has 0 fully saturated rings. The number of halogens is 1. The molecule has 1 aromatic carbocycles. The predicted molar refractivity (Wildman–Crippen MR) is 62.1 cm³/mol. The van der Waals surface area contributed by atoms with Gasteiger partial charge in [0, 0.05) is 11.8 Å². The average Bonchev–Trinajstić information content (AvgIpc) is 2.75. The van der Waals surface area contributed by atoms with Crippen molar-refractivity contribution in [3.63, 3.8) is 0 Å². The molecule has 0 aliphatic heterocycles. The Morgan fingerprint density at radius 1 is 1.12 bits per heavy atom. The van der Waals surface area contributed by atoms with E-state index in [1.54, 1.807) is 18.3 Å². The van der Waals surface area contributed by atoms with Gasteiger partial charge in [-0.15, -0.1) is 0 Å². The van der Waals surface area contributed by atoms with Crippen LogP contribution in [0.3, 0.4) is 0 Å². The molecule has 0 atom stereocenters. The van der Waals surface area contributed by atoms with Crippen LogP contribution in [0.25, 0.3) is 22.2 Å². The Bertz CT molecular complexity index is 727. The molecule has 17 heavy (non-hydrogen) atoms. The predicted octanol–water partition coefficient (Wildman–Crippen LogP) is 2.06. The summed E-state index contributed by atoms with van der Waals surface area (Å²) >= 11 is 0. The molecule has 84 valence electrons. The normalized spacial score (nSPS) is 10.9. The van der Waals surface area contributed by atoms with E-state index in [9.17, 15) is 9.18 Å². The van der Waals surface area contributed by atoms with Gasteiger partial charge in [-0.2, -0.15) is 0 Å². The van der Waals surface area contributed by atoms with Crippen molar-refractivity contribution in [2.45, 2.75) is 0 Å². The molecular formula is C12H8FN3O. The van der Waals surface area contributed by atoms with Crippen molar-refractivity contribution in [1.29, 1.82) is 0 Å². The summed E-state index contributed by atoms with van der Waals surface area (Å²) in [5.41, 5.74) is 2.39. The lowest BCUT2D eigenvalue weighted by Gasteiger charge is -1.98. The van der Waals surface area contributed by atoms with Crippen molar-refractivity contribution < 1.29 is 4.39 Å². The molecule has 0 saturated carbocycles. The van der Waals surface area contributed by atoms with Crippen molar-refractivity contribution in [3.05, 3.63) is 53.0 Å². The molecule has 0 amide bonds. The number of rotatable bonds is 1. The number of H-pyrrole nitrogens is 2. The Balaban J connectivity index is 2.28. The molecule has 5 heteroatoms. The maximum absolute atomic E-state index is 12.8. The summed E-state index contributed by atoms with van der Waals surface area (Å²) in [6, 6.07) is 6.06. The van der Waals surface area contributed by atoms with E-state index in [1.165, 1.54) is 18.5 Å². The highest BCUT2D eigenvalue weighted by Gasteiger charge is 2.09. The smallest absolute Gasteiger partial charge is 0.275 e. The van der Waals surface area contributed by atoms with E-state index in [1.807, 2.05) is 0 Å². The van der Waals surface area contributed by atoms with E-state index < -0.39 is 0 Å². The second kappa shape index (κ2) is 3.55. The van der Waals surface area contributed by atoms with Crippen LogP contribution in [0.1, 0.15) is 0 Å². The van der Waals surface area contributed by atoms with Crippen LogP contribution in [0.15, 0.2) is 41.6 Å². The summed E-state index contributed by atoms with van der Waals surface area (Å²) in [6.07, 6.45) is 3.05. The largest absolute Gasteiger partial charge is 0.355 e. The minimum atomic E-state index is -0.292. The molecular weight excluding hydrogens is 221 g/mol. The lowest BCUT2D eigenvalue weighted by Crippen LogP contribution is -2.05. The van der Waals surface area contributed by atoms with E-state index in [2.05, 4.69) is 15.0 Å². The van der Waals surface area contributed by atoms with Gasteiger partial charge in [-0.3, -0.25) is 4.79 Å². The maximum atomic E-state index is 12.8. The zero-order chi connectivity index (χ0) is 11.8. The van der Waals surface area contributed by atoms with Gasteiger partial charge in [0.15, 0.2) is 0 Å². The molecule has 4 nitrogen and oxygen atoms in total. The number of aromatic nitrogens is 3. The second-order valence-electron chi connectivity index (χ2n) is 3.66. The lowest BCUT2D eigenvalue weighted by molar-refractivity contribution is 0.628. The van der Waals surface area contributed by atoms with Crippen molar-refractivity contribution in [3.8, 4) is 11.1 Å². The van der Waals surface area contributed by atoms with Gasteiger partial charge in [-0.05, 0) is 17.7 Å². The fourth-order valence-electron chi connectivity index (χ4n) is 1.80. The Kier molecular flexibility index (Phi) is 2.04. The van der Waals surface area contributed by atoms with E-state index in [0.717, 1.165) is 11.1 Å². The number of nitrogens with zero attached hydrogens (tertiary/aromatic N) is 1. The Morgan fingerprint density at radius 3 is 2.65 bits per heavy atom. The Labute approximate surface area is 95.1 Å². The van der Waals surface area contributed by atoms with Crippen LogP contribution in [0.4, 0.5) is 4.39 Å². The van der Waals surface area contributed by atoms with Crippen LogP contribution in [-0.2, 0) is 0 Å². The molecule has 0 aliphatic rings. The highest BCUT2D eigenvalue weighted by Crippen LogP contribution is 2.25. The summed E-state index contributed by atoms with van der Waals surface area (Å²) in [7, 11) is 0. The van der Waals surface area contributed by atoms with Gasteiger partial charge < -0.3 is 9.97 Å². The van der Waals surface area contributed by atoms with E-state index >= 15 is 0 Å². The molecule has 0 spiro atoms. The van der Waals surface area contributed by atoms with Crippen LogP contribution in [0.2, 0.25) is 0 Å². The number of fused-ring (bicyclic) bond motifs is 1. The molecule has 0 radical (unpaired) electrons. The number of nitrogens with one attached hydrogen (secondary N) is 2. The van der Waals surface area contributed by atoms with Gasteiger partial charge in [-0.25, -0.2) is 9.37 Å². The van der Waals surface area contributed by atoms with Gasteiger partial charge in [0.25, 0.3) is 5.56 Å². The van der Waals surface area contributed by atoms with Gasteiger partial charge >= 0.3 is 0 Å². The van der Waals surface area contributed by atoms with E-state index in [4.69, 9.17) is 0 Å². The summed E-state index contributed by atoms with van der Waals surface area (Å²) in [4.78, 5) is 21.0. The number of hydrogen-bond donors (Lipinski definition) is 2. The lowest BCUT2D eigenvalue weighted by atomic mass is 10.1. The number of aromatic amines is 2. The third kappa shape index (κ3) is 1.52. The average molecular weight is 229 g/mol. The zero-order valence-electron chi connectivity index (χ0n) is 8.70. The van der Waals surface area contributed by atoms with Crippen LogP contribution in [0, 0.1) is 5.82 Å². The molecule has 2 heterocycles. The standard InChI is InChI=1S/C12H8FN3O/c13-8-3-1-7(2-4-8)9-5-14-11-10(9)15-6-16-12(11)17/h1-6,14H,(H,15,16,17). The summed E-state index contributed by atoms with van der Waals surface area (Å²) in [5, 5.41) is 0. The number of benzene rings is 1. The topological polar surface area (TPSA) is 61.5 Å². The Morgan fingerprint density at radius 2 is 1.88 bits per heavy atom. The highest BCUT2D eigenvalue weighted by atomic mass is 19.1. The molecule has 0 saturated heterocycles. The van der Waals surface area contributed by atoms with E-state index in [0.29, 0.717) is 11.0 Å². The van der Waals surface area contributed by atoms with Crippen LogP contribution in [-0.4, -0.2) is 15.0 Å². The highest BCUT2D eigenvalue weighted by molar-refractivity contribution is 5.91. The molecule has 0 aliphatic carbocycles. The first-order valence-corrected chi connectivity index (χ1v) is 5.06. The fourth-order valence-corrected chi connectivity index (χ4v) is 1.80. The molecule has 2 aromatic heterocycles. The molecule has 3 rings (SSSR count). The van der Waals surface area contributed by atoms with Crippen molar-refractivity contribution in [2.24, 2.45) is 0 Å². The molecule has 0 bridgehead atoms. The van der Waals surface area contributed by atoms with Gasteiger partial charge in [0.2, 0.25) is 0 Å². The van der Waals surface area contributed by atoms with Gasteiger partial charge in [-0.1, -0.05) is 12.1 Å². The zero-order valence-corrected chi connectivity index (χ0v) is 8.70. The maximum Gasteiger partial charge on any atom is 0.275 e. The summed E-state index contributed by atoms with van der Waals surface area (Å²) < 4.78 is 12.8. The minimum Gasteiger partial charge on any atom is -0.355 e. The van der Waals surface area contributed by atoms with Crippen LogP contribution >= 0.6 is 0 Å². The monoisotopic (exact) mass is 229 g/mol.